The smallest absolute Gasteiger partial charge is 0.240 e. The number of carbonyl (C=O) groups is 1. The second kappa shape index (κ2) is 5.12. The molecule has 1 fully saturated rings. The molecule has 0 atom stereocenters. The maximum absolute atomic E-state index is 12.0. The van der Waals surface area contributed by atoms with E-state index < -0.39 is 5.41 Å². The molecule has 0 unspecified atom stereocenters. The Hall–Kier alpha value is -2.33. The average molecular weight is 253 g/mol. The van der Waals surface area contributed by atoms with E-state index in [1.807, 2.05) is 13.0 Å². The van der Waals surface area contributed by atoms with Gasteiger partial charge in [-0.3, -0.25) is 4.79 Å². The van der Waals surface area contributed by atoms with Crippen LogP contribution >= 0.6 is 0 Å². The first kappa shape index (κ1) is 13.1. The molecule has 96 valence electrons. The van der Waals surface area contributed by atoms with Gasteiger partial charge in [0.2, 0.25) is 5.91 Å². The summed E-state index contributed by atoms with van der Waals surface area (Å²) in [6.07, 6.45) is 1.28. The number of rotatable bonds is 3. The summed E-state index contributed by atoms with van der Waals surface area (Å²) in [5.74, 6) is 0.262. The highest BCUT2D eigenvalue weighted by Gasteiger charge is 2.48. The molecule has 1 aliphatic rings. The first-order chi connectivity index (χ1) is 9.09. The quantitative estimate of drug-likeness (QED) is 0.896. The molecule has 1 saturated carbocycles. The predicted octanol–water partition coefficient (Wildman–Crippen LogP) is 2.11. The molecule has 0 saturated heterocycles. The Kier molecular flexibility index (Phi) is 3.53. The third-order valence-corrected chi connectivity index (χ3v) is 3.58. The zero-order valence-electron chi connectivity index (χ0n) is 10.8. The Balaban J connectivity index is 1.94. The van der Waals surface area contributed by atoms with Crippen molar-refractivity contribution in [3.05, 3.63) is 35.4 Å². The molecule has 0 bridgehead atoms. The Morgan fingerprint density at radius 1 is 1.37 bits per heavy atom. The van der Waals surface area contributed by atoms with Gasteiger partial charge in [-0.2, -0.15) is 10.5 Å². The molecule has 1 N–H and O–H groups in total. The number of nitrogens with zero attached hydrogens (tertiary/aromatic N) is 2. The minimum Gasteiger partial charge on any atom is -0.351 e. The highest BCUT2D eigenvalue weighted by Crippen LogP contribution is 2.45. The van der Waals surface area contributed by atoms with Gasteiger partial charge in [-0.1, -0.05) is 19.1 Å². The summed E-state index contributed by atoms with van der Waals surface area (Å²) in [6.45, 7) is 2.44. The third kappa shape index (κ3) is 2.58. The molecule has 1 aromatic rings. The highest BCUT2D eigenvalue weighted by atomic mass is 16.2. The Morgan fingerprint density at radius 2 is 2.00 bits per heavy atom. The molecule has 0 radical (unpaired) electrons. The van der Waals surface area contributed by atoms with E-state index in [0.29, 0.717) is 30.9 Å². The van der Waals surface area contributed by atoms with Crippen LogP contribution in [-0.2, 0) is 11.3 Å². The molecule has 4 nitrogen and oxygen atoms in total. The maximum atomic E-state index is 12.0. The number of carbonyl (C=O) groups excluding carboxylic acids is 1. The zero-order chi connectivity index (χ0) is 13.9. The Morgan fingerprint density at radius 3 is 2.47 bits per heavy atom. The van der Waals surface area contributed by atoms with E-state index in [4.69, 9.17) is 10.5 Å². The fourth-order valence-corrected chi connectivity index (χ4v) is 2.51. The van der Waals surface area contributed by atoms with Crippen LogP contribution in [0.5, 0.6) is 0 Å². The number of benzene rings is 1. The fourth-order valence-electron chi connectivity index (χ4n) is 2.51. The van der Waals surface area contributed by atoms with Crippen molar-refractivity contribution in [2.24, 2.45) is 11.3 Å². The lowest BCUT2D eigenvalue weighted by atomic mass is 9.63. The maximum Gasteiger partial charge on any atom is 0.240 e. The zero-order valence-corrected chi connectivity index (χ0v) is 10.8. The van der Waals surface area contributed by atoms with Gasteiger partial charge in [0.05, 0.1) is 17.7 Å². The van der Waals surface area contributed by atoms with Gasteiger partial charge in [-0.05, 0) is 36.5 Å². The van der Waals surface area contributed by atoms with Crippen molar-refractivity contribution < 1.29 is 4.79 Å². The van der Waals surface area contributed by atoms with E-state index in [-0.39, 0.29) is 5.91 Å². The van der Waals surface area contributed by atoms with Gasteiger partial charge in [0.25, 0.3) is 0 Å². The molecule has 1 aliphatic carbocycles. The predicted molar refractivity (Wildman–Crippen MR) is 69.4 cm³/mol. The number of hydrogen-bond donors (Lipinski definition) is 1. The Bertz CT molecular complexity index is 557. The topological polar surface area (TPSA) is 76.7 Å². The number of nitriles is 2. The SMILES string of the molecule is CC1CC(C#N)(C(=O)NCc2ccc(C#N)cc2)C1. The van der Waals surface area contributed by atoms with E-state index in [9.17, 15) is 4.79 Å². The van der Waals surface area contributed by atoms with Crippen molar-refractivity contribution in [3.63, 3.8) is 0 Å². The van der Waals surface area contributed by atoms with Crippen molar-refractivity contribution >= 4 is 5.91 Å². The molecule has 0 aliphatic heterocycles. The molecule has 4 heteroatoms. The second-order valence-corrected chi connectivity index (χ2v) is 5.20. The summed E-state index contributed by atoms with van der Waals surface area (Å²) in [6, 6.07) is 11.2. The van der Waals surface area contributed by atoms with Gasteiger partial charge in [0.15, 0.2) is 0 Å². The molecule has 1 amide bonds. The third-order valence-electron chi connectivity index (χ3n) is 3.58. The van der Waals surface area contributed by atoms with Gasteiger partial charge in [0, 0.05) is 6.54 Å². The van der Waals surface area contributed by atoms with Crippen molar-refractivity contribution in [1.82, 2.24) is 5.32 Å². The monoisotopic (exact) mass is 253 g/mol. The number of hydrogen-bond acceptors (Lipinski definition) is 3. The molecule has 2 rings (SSSR count). The van der Waals surface area contributed by atoms with Gasteiger partial charge >= 0.3 is 0 Å². The standard InChI is InChI=1S/C15H15N3O/c1-11-6-15(7-11,10-17)14(19)18-9-13-4-2-12(8-16)3-5-13/h2-5,11H,6-7,9H2,1H3,(H,18,19). The lowest BCUT2D eigenvalue weighted by Gasteiger charge is -2.39. The van der Waals surface area contributed by atoms with Gasteiger partial charge in [-0.25, -0.2) is 0 Å². The van der Waals surface area contributed by atoms with E-state index >= 15 is 0 Å². The highest BCUT2D eigenvalue weighted by molar-refractivity contribution is 5.86. The van der Waals surface area contributed by atoms with E-state index in [1.165, 1.54) is 0 Å². The van der Waals surface area contributed by atoms with E-state index in [0.717, 1.165) is 5.56 Å². The normalized spacial score (nSPS) is 24.7. The minimum atomic E-state index is -0.827. The van der Waals surface area contributed by atoms with Crippen LogP contribution in [0, 0.1) is 34.0 Å². The summed E-state index contributed by atoms with van der Waals surface area (Å²) < 4.78 is 0. The first-order valence-corrected chi connectivity index (χ1v) is 6.28. The summed E-state index contributed by atoms with van der Waals surface area (Å²) >= 11 is 0. The summed E-state index contributed by atoms with van der Waals surface area (Å²) in [4.78, 5) is 12.0. The lowest BCUT2D eigenvalue weighted by molar-refractivity contribution is -0.134. The van der Waals surface area contributed by atoms with Crippen molar-refractivity contribution in [2.45, 2.75) is 26.3 Å². The van der Waals surface area contributed by atoms with E-state index in [2.05, 4.69) is 11.4 Å². The molecule has 0 aromatic heterocycles. The van der Waals surface area contributed by atoms with Crippen LogP contribution in [0.3, 0.4) is 0 Å². The first-order valence-electron chi connectivity index (χ1n) is 6.28. The van der Waals surface area contributed by atoms with Crippen molar-refractivity contribution in [3.8, 4) is 12.1 Å². The summed E-state index contributed by atoms with van der Waals surface area (Å²) in [5, 5.41) is 20.6. The van der Waals surface area contributed by atoms with Crippen LogP contribution in [0.2, 0.25) is 0 Å². The Labute approximate surface area is 112 Å². The van der Waals surface area contributed by atoms with Crippen LogP contribution in [0.4, 0.5) is 0 Å². The van der Waals surface area contributed by atoms with Gasteiger partial charge in [-0.15, -0.1) is 0 Å². The summed E-state index contributed by atoms with van der Waals surface area (Å²) in [7, 11) is 0. The van der Waals surface area contributed by atoms with Crippen LogP contribution in [-0.4, -0.2) is 5.91 Å². The molecule has 0 spiro atoms. The number of nitrogens with one attached hydrogen (secondary N) is 1. The van der Waals surface area contributed by atoms with Crippen LogP contribution in [0.1, 0.15) is 30.9 Å². The van der Waals surface area contributed by atoms with Crippen molar-refractivity contribution in [1.29, 1.82) is 10.5 Å². The molecular formula is C15H15N3O. The van der Waals surface area contributed by atoms with Crippen molar-refractivity contribution in [2.75, 3.05) is 0 Å². The molecular weight excluding hydrogens is 238 g/mol. The minimum absolute atomic E-state index is 0.183. The molecule has 1 aromatic carbocycles. The van der Waals surface area contributed by atoms with E-state index in [1.54, 1.807) is 24.3 Å². The van der Waals surface area contributed by atoms with Crippen LogP contribution < -0.4 is 5.32 Å². The van der Waals surface area contributed by atoms with Crippen LogP contribution in [0.25, 0.3) is 0 Å². The summed E-state index contributed by atoms with van der Waals surface area (Å²) in [5.41, 5.74) is 0.690. The van der Waals surface area contributed by atoms with Gasteiger partial charge in [0.1, 0.15) is 5.41 Å². The number of amides is 1. The second-order valence-electron chi connectivity index (χ2n) is 5.20. The largest absolute Gasteiger partial charge is 0.351 e. The van der Waals surface area contributed by atoms with Gasteiger partial charge < -0.3 is 5.32 Å². The fraction of sp³-hybridized carbons (Fsp3) is 0.400. The molecule has 19 heavy (non-hydrogen) atoms. The van der Waals surface area contributed by atoms with Crippen LogP contribution in [0.15, 0.2) is 24.3 Å². The molecule has 0 heterocycles. The average Bonchev–Trinajstić information content (AvgIpc) is 2.41. The lowest BCUT2D eigenvalue weighted by Crippen LogP contribution is -2.47.